The van der Waals surface area contributed by atoms with Gasteiger partial charge in [-0.25, -0.2) is 0 Å². The quantitative estimate of drug-likeness (QED) is 0.551. The Morgan fingerprint density at radius 1 is 1.05 bits per heavy atom. The molecule has 0 aromatic heterocycles. The molecule has 0 saturated heterocycles. The van der Waals surface area contributed by atoms with E-state index < -0.39 is 0 Å². The minimum Gasteiger partial charge on any atom is -0.496 e. The second-order valence-electron chi connectivity index (χ2n) is 5.96. The maximum atomic E-state index is 5.59. The number of nitrogens with one attached hydrogen (secondary N) is 1. The van der Waals surface area contributed by atoms with Gasteiger partial charge in [-0.05, 0) is 37.9 Å². The van der Waals surface area contributed by atoms with Crippen LogP contribution in [0.4, 0.5) is 0 Å². The molecule has 0 radical (unpaired) electrons. The van der Waals surface area contributed by atoms with Crippen LogP contribution in [0.15, 0.2) is 18.2 Å². The molecule has 1 atom stereocenters. The fourth-order valence-electron chi connectivity index (χ4n) is 2.74. The van der Waals surface area contributed by atoms with Crippen molar-refractivity contribution in [3.05, 3.63) is 29.3 Å². The zero-order valence-corrected chi connectivity index (χ0v) is 14.4. The SMILES string of the molecule is CCCCCCCC(NCCC)c1ccc(C)cc1OC. The fourth-order valence-corrected chi connectivity index (χ4v) is 2.74. The predicted octanol–water partition coefficient (Wildman–Crippen LogP) is 5.40. The van der Waals surface area contributed by atoms with Crippen molar-refractivity contribution in [2.24, 2.45) is 0 Å². The highest BCUT2D eigenvalue weighted by atomic mass is 16.5. The maximum absolute atomic E-state index is 5.59. The molecule has 1 rings (SSSR count). The fraction of sp³-hybridized carbons (Fsp3) is 0.684. The average Bonchev–Trinajstić information content (AvgIpc) is 2.50. The lowest BCUT2D eigenvalue weighted by atomic mass is 9.97. The Hall–Kier alpha value is -1.02. The minimum atomic E-state index is 0.419. The van der Waals surface area contributed by atoms with Gasteiger partial charge in [0, 0.05) is 11.6 Å². The van der Waals surface area contributed by atoms with Gasteiger partial charge in [0.15, 0.2) is 0 Å². The maximum Gasteiger partial charge on any atom is 0.123 e. The van der Waals surface area contributed by atoms with Gasteiger partial charge in [-0.1, -0.05) is 58.1 Å². The van der Waals surface area contributed by atoms with Crippen molar-refractivity contribution in [3.63, 3.8) is 0 Å². The summed E-state index contributed by atoms with van der Waals surface area (Å²) in [4.78, 5) is 0. The summed E-state index contributed by atoms with van der Waals surface area (Å²) >= 11 is 0. The number of rotatable bonds is 11. The zero-order valence-electron chi connectivity index (χ0n) is 14.4. The van der Waals surface area contributed by atoms with E-state index in [9.17, 15) is 0 Å². The van der Waals surface area contributed by atoms with E-state index in [1.807, 2.05) is 0 Å². The summed E-state index contributed by atoms with van der Waals surface area (Å²) < 4.78 is 5.59. The average molecular weight is 291 g/mol. The van der Waals surface area contributed by atoms with Crippen LogP contribution in [-0.2, 0) is 0 Å². The summed E-state index contributed by atoms with van der Waals surface area (Å²) in [6.45, 7) is 7.67. The topological polar surface area (TPSA) is 21.3 Å². The van der Waals surface area contributed by atoms with E-state index in [2.05, 4.69) is 44.3 Å². The number of hydrogen-bond acceptors (Lipinski definition) is 2. The molecule has 1 N–H and O–H groups in total. The lowest BCUT2D eigenvalue weighted by Crippen LogP contribution is -2.22. The van der Waals surface area contributed by atoms with Gasteiger partial charge >= 0.3 is 0 Å². The number of benzene rings is 1. The van der Waals surface area contributed by atoms with Crippen molar-refractivity contribution in [2.45, 2.75) is 71.8 Å². The Balaban J connectivity index is 2.67. The van der Waals surface area contributed by atoms with Crippen LogP contribution in [0.3, 0.4) is 0 Å². The second-order valence-corrected chi connectivity index (χ2v) is 5.96. The monoisotopic (exact) mass is 291 g/mol. The van der Waals surface area contributed by atoms with Crippen molar-refractivity contribution in [3.8, 4) is 5.75 Å². The molecule has 21 heavy (non-hydrogen) atoms. The van der Waals surface area contributed by atoms with E-state index in [0.717, 1.165) is 12.3 Å². The van der Waals surface area contributed by atoms with Crippen LogP contribution in [0.25, 0.3) is 0 Å². The number of unbranched alkanes of at least 4 members (excludes halogenated alkanes) is 4. The smallest absolute Gasteiger partial charge is 0.123 e. The third kappa shape index (κ3) is 6.52. The van der Waals surface area contributed by atoms with Gasteiger partial charge in [0.25, 0.3) is 0 Å². The highest BCUT2D eigenvalue weighted by Crippen LogP contribution is 2.29. The Labute approximate surface area is 131 Å². The summed E-state index contributed by atoms with van der Waals surface area (Å²) in [6, 6.07) is 6.98. The zero-order chi connectivity index (χ0) is 15.5. The number of methoxy groups -OCH3 is 1. The van der Waals surface area contributed by atoms with Crippen LogP contribution in [0, 0.1) is 6.92 Å². The number of ether oxygens (including phenoxy) is 1. The molecule has 0 aliphatic heterocycles. The second kappa shape index (κ2) is 10.7. The van der Waals surface area contributed by atoms with Crippen LogP contribution < -0.4 is 10.1 Å². The summed E-state index contributed by atoms with van der Waals surface area (Å²) in [7, 11) is 1.77. The molecule has 120 valence electrons. The Kier molecular flexibility index (Phi) is 9.16. The molecule has 2 nitrogen and oxygen atoms in total. The summed E-state index contributed by atoms with van der Waals surface area (Å²) in [5, 5.41) is 3.69. The molecule has 0 saturated carbocycles. The molecule has 1 unspecified atom stereocenters. The van der Waals surface area contributed by atoms with E-state index in [4.69, 9.17) is 4.74 Å². The molecule has 0 heterocycles. The first-order chi connectivity index (χ1) is 10.2. The highest BCUT2D eigenvalue weighted by molar-refractivity contribution is 5.39. The molecule has 1 aromatic rings. The van der Waals surface area contributed by atoms with Gasteiger partial charge in [-0.2, -0.15) is 0 Å². The third-order valence-electron chi connectivity index (χ3n) is 4.00. The van der Waals surface area contributed by atoms with E-state index in [1.165, 1.54) is 56.1 Å². The number of aryl methyl sites for hydroxylation is 1. The molecular formula is C19H33NO. The molecule has 1 aromatic carbocycles. The lowest BCUT2D eigenvalue weighted by molar-refractivity contribution is 0.391. The van der Waals surface area contributed by atoms with Crippen molar-refractivity contribution in [1.82, 2.24) is 5.32 Å². The van der Waals surface area contributed by atoms with Gasteiger partial charge in [-0.3, -0.25) is 0 Å². The van der Waals surface area contributed by atoms with E-state index in [-0.39, 0.29) is 0 Å². The third-order valence-corrected chi connectivity index (χ3v) is 4.00. The van der Waals surface area contributed by atoms with Crippen molar-refractivity contribution in [2.75, 3.05) is 13.7 Å². The normalized spacial score (nSPS) is 12.4. The summed E-state index contributed by atoms with van der Waals surface area (Å²) in [5.41, 5.74) is 2.57. The number of hydrogen-bond donors (Lipinski definition) is 1. The standard InChI is InChI=1S/C19H33NO/c1-5-7-8-9-10-11-18(20-14-6-2)17-13-12-16(3)15-19(17)21-4/h12-13,15,18,20H,5-11,14H2,1-4H3. The first-order valence-corrected chi connectivity index (χ1v) is 8.60. The molecule has 0 spiro atoms. The van der Waals surface area contributed by atoms with Gasteiger partial charge in [0.1, 0.15) is 5.75 Å². The molecular weight excluding hydrogens is 258 g/mol. The van der Waals surface area contributed by atoms with Gasteiger partial charge in [0.2, 0.25) is 0 Å². The minimum absolute atomic E-state index is 0.419. The summed E-state index contributed by atoms with van der Waals surface area (Å²) in [5.74, 6) is 1.03. The lowest BCUT2D eigenvalue weighted by Gasteiger charge is -2.21. The summed E-state index contributed by atoms with van der Waals surface area (Å²) in [6.07, 6.45) is 9.03. The van der Waals surface area contributed by atoms with E-state index >= 15 is 0 Å². The molecule has 0 aliphatic carbocycles. The van der Waals surface area contributed by atoms with Crippen LogP contribution in [0.2, 0.25) is 0 Å². The van der Waals surface area contributed by atoms with Crippen molar-refractivity contribution >= 4 is 0 Å². The molecule has 0 aliphatic rings. The Morgan fingerprint density at radius 2 is 1.81 bits per heavy atom. The van der Waals surface area contributed by atoms with Crippen LogP contribution in [-0.4, -0.2) is 13.7 Å². The first-order valence-electron chi connectivity index (χ1n) is 8.60. The Bertz CT molecular complexity index is 389. The Morgan fingerprint density at radius 3 is 2.48 bits per heavy atom. The van der Waals surface area contributed by atoms with Crippen LogP contribution >= 0.6 is 0 Å². The van der Waals surface area contributed by atoms with Gasteiger partial charge in [0.05, 0.1) is 7.11 Å². The van der Waals surface area contributed by atoms with Crippen LogP contribution in [0.5, 0.6) is 5.75 Å². The first kappa shape index (κ1) is 18.0. The molecule has 2 heteroatoms. The van der Waals surface area contributed by atoms with Gasteiger partial charge < -0.3 is 10.1 Å². The van der Waals surface area contributed by atoms with Gasteiger partial charge in [-0.15, -0.1) is 0 Å². The molecule has 0 bridgehead atoms. The van der Waals surface area contributed by atoms with E-state index in [1.54, 1.807) is 7.11 Å². The van der Waals surface area contributed by atoms with Crippen LogP contribution in [0.1, 0.15) is 76.0 Å². The molecule has 0 fully saturated rings. The molecule has 0 amide bonds. The predicted molar refractivity (Wildman–Crippen MR) is 92.1 cm³/mol. The highest BCUT2D eigenvalue weighted by Gasteiger charge is 2.15. The van der Waals surface area contributed by atoms with Crippen molar-refractivity contribution in [1.29, 1.82) is 0 Å². The van der Waals surface area contributed by atoms with E-state index in [0.29, 0.717) is 6.04 Å². The largest absolute Gasteiger partial charge is 0.496 e. The van der Waals surface area contributed by atoms with Crippen molar-refractivity contribution < 1.29 is 4.74 Å².